The number of likely N-dealkylation sites (tertiary alicyclic amines) is 1. The van der Waals surface area contributed by atoms with Gasteiger partial charge in [0.15, 0.2) is 5.78 Å². The molecule has 1 aliphatic carbocycles. The molecule has 5 rings (SSSR count). The number of hydrogen-bond acceptors (Lipinski definition) is 8. The maximum atomic E-state index is 14.3. The van der Waals surface area contributed by atoms with E-state index in [0.29, 0.717) is 43.7 Å². The molecule has 53 heavy (non-hydrogen) atoms. The molecule has 0 radical (unpaired) electrons. The molecule has 3 aromatic rings. The Hall–Kier alpha value is -3.70. The number of rotatable bonds is 18. The van der Waals surface area contributed by atoms with Crippen LogP contribution < -0.4 is 16.0 Å². The molecule has 4 N–H and O–H groups in total. The average Bonchev–Trinajstić information content (AvgIpc) is 3.14. The molecule has 288 valence electrons. The van der Waals surface area contributed by atoms with Crippen LogP contribution in [0.25, 0.3) is 10.9 Å². The van der Waals surface area contributed by atoms with E-state index in [0.717, 1.165) is 48.7 Å². The van der Waals surface area contributed by atoms with Crippen molar-refractivity contribution >= 4 is 28.5 Å². The number of ketones is 1. The summed E-state index contributed by atoms with van der Waals surface area (Å²) < 4.78 is 5.48. The molecule has 10 nitrogen and oxygen atoms in total. The Morgan fingerprint density at radius 1 is 0.981 bits per heavy atom. The summed E-state index contributed by atoms with van der Waals surface area (Å²) in [6.45, 7) is 11.1. The zero-order valence-corrected chi connectivity index (χ0v) is 32.2. The van der Waals surface area contributed by atoms with Gasteiger partial charge in [-0.1, -0.05) is 73.9 Å². The van der Waals surface area contributed by atoms with Crippen molar-refractivity contribution in [1.29, 1.82) is 0 Å². The molecular weight excluding hydrogens is 667 g/mol. The third-order valence-corrected chi connectivity index (χ3v) is 10.7. The number of aliphatic hydroxyl groups is 1. The van der Waals surface area contributed by atoms with E-state index in [1.807, 2.05) is 88.4 Å². The number of hydrogen-bond donors (Lipinski definition) is 4. The molecule has 0 bridgehead atoms. The van der Waals surface area contributed by atoms with Crippen LogP contribution in [0.5, 0.6) is 0 Å². The van der Waals surface area contributed by atoms with Crippen molar-refractivity contribution in [2.24, 2.45) is 17.8 Å². The number of carbonyl (C=O) groups excluding carboxylic acids is 3. The lowest BCUT2D eigenvalue weighted by molar-refractivity contribution is -0.133. The number of β-amino-alcohol motifs (C(OH)–C–C–N with tert-alkyl or cyclic N) is 1. The van der Waals surface area contributed by atoms with Crippen LogP contribution in [0.1, 0.15) is 88.7 Å². The van der Waals surface area contributed by atoms with Gasteiger partial charge in [0.05, 0.1) is 29.6 Å². The van der Waals surface area contributed by atoms with Crippen molar-refractivity contribution < 1.29 is 24.2 Å². The van der Waals surface area contributed by atoms with Crippen LogP contribution in [-0.2, 0) is 20.7 Å². The van der Waals surface area contributed by atoms with Crippen molar-refractivity contribution in [3.63, 3.8) is 0 Å². The molecule has 10 heteroatoms. The predicted octanol–water partition coefficient (Wildman–Crippen LogP) is 5.32. The summed E-state index contributed by atoms with van der Waals surface area (Å²) in [5, 5.41) is 22.7. The molecule has 1 saturated carbocycles. The van der Waals surface area contributed by atoms with Crippen LogP contribution in [0.4, 0.5) is 0 Å². The number of nitrogens with one attached hydrogen (secondary N) is 3. The smallest absolute Gasteiger partial charge is 0.237 e. The maximum absolute atomic E-state index is 14.3. The quantitative estimate of drug-likeness (QED) is 0.102. The largest absolute Gasteiger partial charge is 0.390 e. The number of amides is 2. The fourth-order valence-electron chi connectivity index (χ4n) is 7.97. The van der Waals surface area contributed by atoms with Crippen LogP contribution in [-0.4, -0.2) is 95.7 Å². The number of benzene rings is 2. The van der Waals surface area contributed by atoms with E-state index >= 15 is 0 Å². The highest BCUT2D eigenvalue weighted by molar-refractivity contribution is 5.99. The Morgan fingerprint density at radius 2 is 1.72 bits per heavy atom. The SMILES string of the molecule is CCOCCCNCC(CC(=O)c1ccc2ccccc2n1)C(=O)NC(Cc1ccccc1)C(O)CN1CC2CCCCC2CC1C(=O)NC(C)(C)C. The molecular formula is C43H61N5O5. The highest BCUT2D eigenvalue weighted by Gasteiger charge is 2.42. The molecule has 2 fully saturated rings. The Labute approximate surface area is 315 Å². The second-order valence-electron chi connectivity index (χ2n) is 16.1. The molecule has 6 unspecified atom stereocenters. The van der Waals surface area contributed by atoms with Gasteiger partial charge in [0.25, 0.3) is 0 Å². The first-order valence-electron chi connectivity index (χ1n) is 19.8. The van der Waals surface area contributed by atoms with Crippen LogP contribution in [0.2, 0.25) is 0 Å². The van der Waals surface area contributed by atoms with E-state index in [9.17, 15) is 19.5 Å². The lowest BCUT2D eigenvalue weighted by Crippen LogP contribution is -2.60. The highest BCUT2D eigenvalue weighted by atomic mass is 16.5. The van der Waals surface area contributed by atoms with Crippen LogP contribution in [0.15, 0.2) is 66.7 Å². The number of nitrogens with zero attached hydrogens (tertiary/aromatic N) is 2. The number of ether oxygens (including phenoxy) is 1. The maximum Gasteiger partial charge on any atom is 0.237 e. The number of aromatic nitrogens is 1. The van der Waals surface area contributed by atoms with Gasteiger partial charge in [-0.3, -0.25) is 19.3 Å². The van der Waals surface area contributed by atoms with Crippen molar-refractivity contribution in [1.82, 2.24) is 25.8 Å². The Bertz CT molecular complexity index is 1630. The topological polar surface area (TPSA) is 133 Å². The van der Waals surface area contributed by atoms with E-state index in [2.05, 4.69) is 25.8 Å². The molecule has 2 aromatic carbocycles. The van der Waals surface area contributed by atoms with Gasteiger partial charge in [-0.2, -0.15) is 0 Å². The molecule has 0 spiro atoms. The first kappa shape index (κ1) is 40.5. The van der Waals surface area contributed by atoms with E-state index in [4.69, 9.17) is 4.74 Å². The Morgan fingerprint density at radius 3 is 2.47 bits per heavy atom. The van der Waals surface area contributed by atoms with Gasteiger partial charge in [0.1, 0.15) is 5.69 Å². The molecule has 2 heterocycles. The van der Waals surface area contributed by atoms with Gasteiger partial charge in [-0.15, -0.1) is 0 Å². The van der Waals surface area contributed by atoms with Crippen LogP contribution in [0.3, 0.4) is 0 Å². The summed E-state index contributed by atoms with van der Waals surface area (Å²) in [6, 6.07) is 20.1. The number of Topliss-reactive ketones (excluding diaryl/α,β-unsaturated/α-hetero) is 1. The second-order valence-corrected chi connectivity index (χ2v) is 16.1. The van der Waals surface area contributed by atoms with Gasteiger partial charge in [-0.05, 0) is 89.5 Å². The van der Waals surface area contributed by atoms with Crippen molar-refractivity contribution in [2.45, 2.75) is 103 Å². The Kier molecular flexibility index (Phi) is 15.0. The van der Waals surface area contributed by atoms with Crippen molar-refractivity contribution in [3.05, 3.63) is 78.0 Å². The minimum absolute atomic E-state index is 0.00587. The first-order valence-corrected chi connectivity index (χ1v) is 19.8. The fraction of sp³-hybridized carbons (Fsp3) is 0.581. The second kappa shape index (κ2) is 19.6. The van der Waals surface area contributed by atoms with E-state index in [1.165, 1.54) is 12.8 Å². The van der Waals surface area contributed by atoms with Gasteiger partial charge in [-0.25, -0.2) is 4.98 Å². The van der Waals surface area contributed by atoms with E-state index < -0.39 is 18.1 Å². The normalized spacial score (nSPS) is 21.0. The van der Waals surface area contributed by atoms with Gasteiger partial charge >= 0.3 is 0 Å². The number of para-hydroxylation sites is 1. The first-order chi connectivity index (χ1) is 25.5. The summed E-state index contributed by atoms with van der Waals surface area (Å²) in [6.07, 6.45) is 5.63. The molecule has 2 aliphatic rings. The molecule has 6 atom stereocenters. The monoisotopic (exact) mass is 727 g/mol. The number of aliphatic hydroxyl groups excluding tert-OH is 1. The summed E-state index contributed by atoms with van der Waals surface area (Å²) in [4.78, 5) is 48.4. The Balaban J connectivity index is 1.35. The van der Waals surface area contributed by atoms with Crippen LogP contribution in [0, 0.1) is 17.8 Å². The van der Waals surface area contributed by atoms with E-state index in [-0.39, 0.29) is 48.7 Å². The molecule has 1 saturated heterocycles. The summed E-state index contributed by atoms with van der Waals surface area (Å²) in [5.41, 5.74) is 1.66. The lowest BCUT2D eigenvalue weighted by Gasteiger charge is -2.47. The van der Waals surface area contributed by atoms with Gasteiger partial charge < -0.3 is 25.8 Å². The predicted molar refractivity (Wildman–Crippen MR) is 210 cm³/mol. The third kappa shape index (κ3) is 12.2. The molecule has 1 aromatic heterocycles. The third-order valence-electron chi connectivity index (χ3n) is 10.7. The number of pyridine rings is 1. The zero-order valence-electron chi connectivity index (χ0n) is 32.2. The number of fused-ring (bicyclic) bond motifs is 2. The standard InChI is InChI=1S/C43H61N5O5/c1-5-53-23-13-22-44-27-34(26-39(49)36-21-20-31-16-11-12-19-35(31)45-36)41(51)46-37(24-30-14-7-6-8-15-30)40(50)29-48-28-33-18-10-9-17-32(33)25-38(48)42(52)47-43(2,3)4/h6-8,11-12,14-16,19-21,32-34,37-38,40,44,50H,5,9-10,13,17-18,22-29H2,1-4H3,(H,46,51)(H,47,52). The molecule has 1 aliphatic heterocycles. The minimum Gasteiger partial charge on any atom is -0.390 e. The summed E-state index contributed by atoms with van der Waals surface area (Å²) >= 11 is 0. The lowest BCUT2D eigenvalue weighted by atomic mass is 9.72. The fourth-order valence-corrected chi connectivity index (χ4v) is 7.97. The van der Waals surface area contributed by atoms with Gasteiger partial charge in [0, 0.05) is 50.2 Å². The summed E-state index contributed by atoms with van der Waals surface area (Å²) in [7, 11) is 0. The van der Waals surface area contributed by atoms with Gasteiger partial charge in [0.2, 0.25) is 11.8 Å². The van der Waals surface area contributed by atoms with Crippen molar-refractivity contribution in [2.75, 3.05) is 39.4 Å². The number of carbonyl (C=O) groups is 3. The number of piperidine rings is 1. The molecule has 2 amide bonds. The average molecular weight is 728 g/mol. The minimum atomic E-state index is -0.957. The van der Waals surface area contributed by atoms with E-state index in [1.54, 1.807) is 6.07 Å². The highest BCUT2D eigenvalue weighted by Crippen LogP contribution is 2.39. The van der Waals surface area contributed by atoms with Crippen LogP contribution >= 0.6 is 0 Å². The zero-order chi connectivity index (χ0) is 37.8. The van der Waals surface area contributed by atoms with Crippen molar-refractivity contribution in [3.8, 4) is 0 Å². The summed E-state index contributed by atoms with van der Waals surface area (Å²) in [5.74, 6) is -0.223.